The first-order valence-electron chi connectivity index (χ1n) is 8.75. The van der Waals surface area contributed by atoms with Gasteiger partial charge in [0.15, 0.2) is 0 Å². The number of hydrogen-bond donors (Lipinski definition) is 1. The summed E-state index contributed by atoms with van der Waals surface area (Å²) in [6.45, 7) is 10.6. The molecule has 0 radical (unpaired) electrons. The van der Waals surface area contributed by atoms with Crippen LogP contribution in [0.1, 0.15) is 65.4 Å². The third-order valence-electron chi connectivity index (χ3n) is 5.36. The Bertz CT molecular complexity index is 382. The van der Waals surface area contributed by atoms with Crippen LogP contribution in [0.25, 0.3) is 0 Å². The zero-order valence-electron chi connectivity index (χ0n) is 14.3. The normalized spacial score (nSPS) is 25.0. The van der Waals surface area contributed by atoms with Gasteiger partial charge in [0.1, 0.15) is 0 Å². The fourth-order valence-electron chi connectivity index (χ4n) is 3.91. The van der Waals surface area contributed by atoms with Crippen LogP contribution in [0.2, 0.25) is 0 Å². The minimum Gasteiger partial charge on any atom is -0.314 e. The topological polar surface area (TPSA) is 12.0 Å². The smallest absolute Gasteiger partial charge is 0.00983 e. The number of aryl methyl sites for hydroxylation is 1. The molecular formula is C19H33NS. The van der Waals surface area contributed by atoms with E-state index in [0.29, 0.717) is 5.41 Å². The molecule has 1 atom stereocenters. The van der Waals surface area contributed by atoms with Gasteiger partial charge in [0.2, 0.25) is 0 Å². The van der Waals surface area contributed by atoms with E-state index in [0.717, 1.165) is 24.4 Å². The van der Waals surface area contributed by atoms with Crippen LogP contribution in [-0.2, 0) is 6.42 Å². The van der Waals surface area contributed by atoms with Gasteiger partial charge in [0.25, 0.3) is 0 Å². The van der Waals surface area contributed by atoms with Gasteiger partial charge in [-0.05, 0) is 84.7 Å². The van der Waals surface area contributed by atoms with Crippen molar-refractivity contribution in [3.05, 3.63) is 22.4 Å². The lowest BCUT2D eigenvalue weighted by molar-refractivity contribution is 0.131. The molecule has 1 fully saturated rings. The van der Waals surface area contributed by atoms with Gasteiger partial charge in [-0.2, -0.15) is 11.3 Å². The summed E-state index contributed by atoms with van der Waals surface area (Å²) < 4.78 is 0. The van der Waals surface area contributed by atoms with Crippen LogP contribution in [0, 0.1) is 17.3 Å². The molecule has 1 nitrogen and oxygen atoms in total. The second kappa shape index (κ2) is 7.78. The fraction of sp³-hybridized carbons (Fsp3) is 0.789. The highest BCUT2D eigenvalue weighted by Gasteiger charge is 2.32. The molecule has 1 unspecified atom stereocenters. The van der Waals surface area contributed by atoms with Gasteiger partial charge in [0.05, 0.1) is 0 Å². The summed E-state index contributed by atoms with van der Waals surface area (Å²) in [6, 6.07) is 3.00. The molecule has 1 N–H and O–H groups in total. The third kappa shape index (κ3) is 5.10. The molecule has 2 heteroatoms. The highest BCUT2D eigenvalue weighted by molar-refractivity contribution is 7.07. The van der Waals surface area contributed by atoms with Crippen LogP contribution >= 0.6 is 11.3 Å². The summed E-state index contributed by atoms with van der Waals surface area (Å²) in [7, 11) is 0. The summed E-state index contributed by atoms with van der Waals surface area (Å²) in [6.07, 6.45) is 8.23. The molecule has 120 valence electrons. The Labute approximate surface area is 135 Å². The van der Waals surface area contributed by atoms with Gasteiger partial charge in [0, 0.05) is 6.04 Å². The van der Waals surface area contributed by atoms with Crippen molar-refractivity contribution in [2.75, 3.05) is 6.54 Å². The number of hydrogen-bond acceptors (Lipinski definition) is 2. The molecule has 1 heterocycles. The van der Waals surface area contributed by atoms with Gasteiger partial charge in [-0.3, -0.25) is 0 Å². The van der Waals surface area contributed by atoms with E-state index < -0.39 is 0 Å². The maximum atomic E-state index is 3.77. The number of thiophene rings is 1. The number of nitrogens with one attached hydrogen (secondary N) is 1. The Morgan fingerprint density at radius 1 is 1.24 bits per heavy atom. The highest BCUT2D eigenvalue weighted by Crippen LogP contribution is 2.41. The standard InChI is InChI=1S/C19H33NS/c1-5-20-18(11-6-15-12-13-21-14-15)16-7-9-17(10-8-16)19(2,3)4/h12-14,16-18,20H,5-11H2,1-4H3. The van der Waals surface area contributed by atoms with Gasteiger partial charge in [-0.1, -0.05) is 27.7 Å². The average Bonchev–Trinajstić information content (AvgIpc) is 2.96. The molecule has 2 rings (SSSR count). The zero-order chi connectivity index (χ0) is 15.3. The van der Waals surface area contributed by atoms with Crippen molar-refractivity contribution < 1.29 is 0 Å². The average molecular weight is 308 g/mol. The van der Waals surface area contributed by atoms with Gasteiger partial charge in [-0.15, -0.1) is 0 Å². The Kier molecular flexibility index (Phi) is 6.31. The lowest BCUT2D eigenvalue weighted by atomic mass is 9.68. The molecule has 0 aliphatic heterocycles. The minimum absolute atomic E-state index is 0.495. The van der Waals surface area contributed by atoms with Crippen LogP contribution in [0.3, 0.4) is 0 Å². The molecule has 1 aliphatic carbocycles. The summed E-state index contributed by atoms with van der Waals surface area (Å²) in [5.41, 5.74) is 2.02. The molecular weight excluding hydrogens is 274 g/mol. The van der Waals surface area contributed by atoms with Crippen LogP contribution < -0.4 is 5.32 Å². The van der Waals surface area contributed by atoms with E-state index in [1.165, 1.54) is 44.1 Å². The monoisotopic (exact) mass is 307 g/mol. The number of rotatable bonds is 6. The van der Waals surface area contributed by atoms with Crippen LogP contribution in [0.4, 0.5) is 0 Å². The van der Waals surface area contributed by atoms with E-state index in [1.807, 2.05) is 11.3 Å². The quantitative estimate of drug-likeness (QED) is 0.730. The fourth-order valence-corrected chi connectivity index (χ4v) is 4.61. The van der Waals surface area contributed by atoms with E-state index in [4.69, 9.17) is 0 Å². The molecule has 0 bridgehead atoms. The maximum absolute atomic E-state index is 3.77. The molecule has 0 spiro atoms. The van der Waals surface area contributed by atoms with Crippen molar-refractivity contribution in [3.63, 3.8) is 0 Å². The van der Waals surface area contributed by atoms with Crippen LogP contribution in [-0.4, -0.2) is 12.6 Å². The summed E-state index contributed by atoms with van der Waals surface area (Å²) in [4.78, 5) is 0. The molecule has 1 aromatic heterocycles. The molecule has 0 aromatic carbocycles. The zero-order valence-corrected chi connectivity index (χ0v) is 15.1. The third-order valence-corrected chi connectivity index (χ3v) is 6.09. The van der Waals surface area contributed by atoms with Crippen molar-refractivity contribution in [2.24, 2.45) is 17.3 Å². The first-order valence-corrected chi connectivity index (χ1v) is 9.69. The Hall–Kier alpha value is -0.340. The van der Waals surface area contributed by atoms with Gasteiger partial charge in [-0.25, -0.2) is 0 Å². The van der Waals surface area contributed by atoms with Crippen molar-refractivity contribution >= 4 is 11.3 Å². The second-order valence-electron chi connectivity index (χ2n) is 7.81. The van der Waals surface area contributed by atoms with Crippen molar-refractivity contribution in [2.45, 2.75) is 72.3 Å². The van der Waals surface area contributed by atoms with Gasteiger partial charge < -0.3 is 5.32 Å². The summed E-state index contributed by atoms with van der Waals surface area (Å²) in [5, 5.41) is 8.28. The molecule has 0 amide bonds. The van der Waals surface area contributed by atoms with Gasteiger partial charge >= 0.3 is 0 Å². The molecule has 1 saturated carbocycles. The predicted octanol–water partition coefficient (Wildman–Crippen LogP) is 5.51. The Morgan fingerprint density at radius 2 is 1.95 bits per heavy atom. The first kappa shape index (κ1) is 17.0. The summed E-state index contributed by atoms with van der Waals surface area (Å²) in [5.74, 6) is 1.81. The van der Waals surface area contributed by atoms with E-state index in [2.05, 4.69) is 49.8 Å². The largest absolute Gasteiger partial charge is 0.314 e. The maximum Gasteiger partial charge on any atom is 0.00983 e. The van der Waals surface area contributed by atoms with E-state index in [9.17, 15) is 0 Å². The van der Waals surface area contributed by atoms with E-state index >= 15 is 0 Å². The lowest BCUT2D eigenvalue weighted by Crippen LogP contribution is -2.39. The second-order valence-corrected chi connectivity index (χ2v) is 8.59. The van der Waals surface area contributed by atoms with Crippen molar-refractivity contribution in [1.29, 1.82) is 0 Å². The highest BCUT2D eigenvalue weighted by atomic mass is 32.1. The molecule has 1 aromatic rings. The molecule has 1 aliphatic rings. The minimum atomic E-state index is 0.495. The van der Waals surface area contributed by atoms with Crippen LogP contribution in [0.5, 0.6) is 0 Å². The van der Waals surface area contributed by atoms with Crippen molar-refractivity contribution in [3.8, 4) is 0 Å². The lowest BCUT2D eigenvalue weighted by Gasteiger charge is -2.39. The van der Waals surface area contributed by atoms with E-state index in [1.54, 1.807) is 0 Å². The first-order chi connectivity index (χ1) is 10.0. The van der Waals surface area contributed by atoms with E-state index in [-0.39, 0.29) is 0 Å². The Balaban J connectivity index is 1.84. The molecule has 0 saturated heterocycles. The predicted molar refractivity (Wildman–Crippen MR) is 95.0 cm³/mol. The SMILES string of the molecule is CCNC(CCc1ccsc1)C1CCC(C(C)(C)C)CC1. The van der Waals surface area contributed by atoms with Crippen molar-refractivity contribution in [1.82, 2.24) is 5.32 Å². The van der Waals surface area contributed by atoms with Crippen LogP contribution in [0.15, 0.2) is 16.8 Å². The molecule has 21 heavy (non-hydrogen) atoms. The summed E-state index contributed by atoms with van der Waals surface area (Å²) >= 11 is 1.82. The Morgan fingerprint density at radius 3 is 2.48 bits per heavy atom.